The van der Waals surface area contributed by atoms with E-state index in [9.17, 15) is 9.90 Å². The lowest BCUT2D eigenvalue weighted by molar-refractivity contribution is -0.826. The Balaban J connectivity index is 1.83. The number of nitrogens with two attached hydrogens (primary N) is 1. The first kappa shape index (κ1) is 16.1. The highest BCUT2D eigenvalue weighted by Gasteiger charge is 2.69. The van der Waals surface area contributed by atoms with Gasteiger partial charge in [0.15, 0.2) is 0 Å². The summed E-state index contributed by atoms with van der Waals surface area (Å²) in [7, 11) is 1.77. The van der Waals surface area contributed by atoms with Gasteiger partial charge in [-0.25, -0.2) is 4.99 Å². The SMILES string of the molecule is CN=C(N)[NH+]1CCC[C@@]2(C1)[C@@H]1CC[C@@H](C)[C@]23CCC(C(=O)[O-])=C3C1. The number of nitrogens with zero attached hydrogens (tertiary/aromatic N) is 1. The number of guanidine groups is 1. The van der Waals surface area contributed by atoms with Gasteiger partial charge in [0.05, 0.1) is 19.1 Å². The summed E-state index contributed by atoms with van der Waals surface area (Å²) >= 11 is 0. The molecule has 0 amide bonds. The van der Waals surface area contributed by atoms with Crippen molar-refractivity contribution in [3.63, 3.8) is 0 Å². The van der Waals surface area contributed by atoms with Gasteiger partial charge in [0.25, 0.3) is 5.96 Å². The standard InChI is InChI=1S/C19H29N3O2/c1-12-4-5-13-10-15-14(16(23)24)6-8-19(12,15)18(13)7-3-9-22(11-18)17(20)21-2/h12-13H,3-11H2,1-2H3,(H2,20,21)(H,23,24)/t12-,13-,18-,19+/m1/s1. The van der Waals surface area contributed by atoms with Crippen molar-refractivity contribution in [3.05, 3.63) is 11.1 Å². The minimum absolute atomic E-state index is 0.0744. The number of nitrogens with one attached hydrogen (secondary N) is 1. The van der Waals surface area contributed by atoms with Crippen molar-refractivity contribution >= 4 is 11.9 Å². The van der Waals surface area contributed by atoms with E-state index in [1.807, 2.05) is 0 Å². The molecule has 2 spiro atoms. The van der Waals surface area contributed by atoms with Crippen LogP contribution in [0, 0.1) is 22.7 Å². The highest BCUT2D eigenvalue weighted by molar-refractivity contribution is 5.87. The lowest BCUT2D eigenvalue weighted by Crippen LogP contribution is -3.18. The van der Waals surface area contributed by atoms with Gasteiger partial charge in [0.2, 0.25) is 0 Å². The molecule has 4 aliphatic rings. The Kier molecular flexibility index (Phi) is 3.57. The molecule has 5 nitrogen and oxygen atoms in total. The molecule has 2 bridgehead atoms. The Morgan fingerprint density at radius 1 is 1.38 bits per heavy atom. The number of piperidine rings is 1. The second-order valence-corrected chi connectivity index (χ2v) is 8.49. The van der Waals surface area contributed by atoms with Crippen molar-refractivity contribution in [2.24, 2.45) is 33.4 Å². The van der Waals surface area contributed by atoms with Crippen LogP contribution in [0.5, 0.6) is 0 Å². The number of aliphatic imine (C=N–C) groups is 1. The summed E-state index contributed by atoms with van der Waals surface area (Å²) in [5, 5.41) is 11.7. The van der Waals surface area contributed by atoms with Gasteiger partial charge in [0.1, 0.15) is 0 Å². The van der Waals surface area contributed by atoms with Gasteiger partial charge in [-0.15, -0.1) is 0 Å². The zero-order valence-electron chi connectivity index (χ0n) is 14.9. The van der Waals surface area contributed by atoms with E-state index in [-0.39, 0.29) is 10.8 Å². The van der Waals surface area contributed by atoms with Gasteiger partial charge in [-0.05, 0) is 62.4 Å². The van der Waals surface area contributed by atoms with Gasteiger partial charge in [-0.2, -0.15) is 0 Å². The van der Waals surface area contributed by atoms with E-state index >= 15 is 0 Å². The molecule has 5 heteroatoms. The van der Waals surface area contributed by atoms with Crippen LogP contribution in [-0.4, -0.2) is 32.1 Å². The van der Waals surface area contributed by atoms with Gasteiger partial charge in [0, 0.05) is 17.9 Å². The smallest absolute Gasteiger partial charge is 0.293 e. The predicted molar refractivity (Wildman–Crippen MR) is 90.1 cm³/mol. The summed E-state index contributed by atoms with van der Waals surface area (Å²) in [6.45, 7) is 4.43. The van der Waals surface area contributed by atoms with Crippen molar-refractivity contribution in [1.82, 2.24) is 0 Å². The number of quaternary nitrogens is 1. The summed E-state index contributed by atoms with van der Waals surface area (Å²) in [6.07, 6.45) is 7.50. The van der Waals surface area contributed by atoms with E-state index in [1.54, 1.807) is 7.05 Å². The number of rotatable bonds is 1. The van der Waals surface area contributed by atoms with Crippen molar-refractivity contribution < 1.29 is 14.8 Å². The summed E-state index contributed by atoms with van der Waals surface area (Å²) in [5.74, 6) is 0.957. The maximum absolute atomic E-state index is 11.7. The molecule has 1 aliphatic heterocycles. The topological polar surface area (TPSA) is 82.9 Å². The summed E-state index contributed by atoms with van der Waals surface area (Å²) in [5.41, 5.74) is 8.36. The lowest BCUT2D eigenvalue weighted by atomic mass is 9.49. The van der Waals surface area contributed by atoms with Gasteiger partial charge < -0.3 is 15.6 Å². The minimum Gasteiger partial charge on any atom is -0.545 e. The lowest BCUT2D eigenvalue weighted by Gasteiger charge is -2.56. The molecule has 3 N–H and O–H groups in total. The molecular formula is C19H29N3O2. The number of allylic oxidation sites excluding steroid dienone is 1. The van der Waals surface area contributed by atoms with Crippen LogP contribution >= 0.6 is 0 Å². The molecule has 24 heavy (non-hydrogen) atoms. The molecule has 0 aromatic heterocycles. The van der Waals surface area contributed by atoms with Crippen LogP contribution in [0.1, 0.15) is 51.9 Å². The van der Waals surface area contributed by atoms with Gasteiger partial charge in [-0.3, -0.25) is 4.90 Å². The van der Waals surface area contributed by atoms with E-state index in [0.717, 1.165) is 32.4 Å². The molecule has 1 saturated heterocycles. The quantitative estimate of drug-likeness (QED) is 0.519. The maximum Gasteiger partial charge on any atom is 0.293 e. The number of carbonyl (C=O) groups excluding carboxylic acids is 1. The molecule has 0 radical (unpaired) electrons. The molecule has 1 heterocycles. The Morgan fingerprint density at radius 3 is 2.88 bits per heavy atom. The number of aliphatic carboxylic acids is 1. The first-order chi connectivity index (χ1) is 11.5. The van der Waals surface area contributed by atoms with Gasteiger partial charge in [-0.1, -0.05) is 12.5 Å². The summed E-state index contributed by atoms with van der Waals surface area (Å²) in [4.78, 5) is 17.3. The van der Waals surface area contributed by atoms with Crippen LogP contribution in [0.25, 0.3) is 0 Å². The molecule has 0 aromatic rings. The molecule has 132 valence electrons. The van der Waals surface area contributed by atoms with Crippen LogP contribution in [0.15, 0.2) is 16.1 Å². The summed E-state index contributed by atoms with van der Waals surface area (Å²) < 4.78 is 0. The molecule has 3 fully saturated rings. The second-order valence-electron chi connectivity index (χ2n) is 8.49. The van der Waals surface area contributed by atoms with Crippen LogP contribution in [-0.2, 0) is 4.79 Å². The number of carboxylic acid groups (broad SMARTS) is 1. The van der Waals surface area contributed by atoms with E-state index in [0.29, 0.717) is 29.8 Å². The van der Waals surface area contributed by atoms with Crippen molar-refractivity contribution in [2.75, 3.05) is 20.1 Å². The zero-order chi connectivity index (χ0) is 17.1. The Hall–Kier alpha value is -1.36. The fourth-order valence-corrected chi connectivity index (χ4v) is 7.17. The maximum atomic E-state index is 11.7. The number of hydrogen-bond donors (Lipinski definition) is 2. The predicted octanol–water partition coefficient (Wildman–Crippen LogP) is -0.127. The number of likely N-dealkylation sites (tertiary alicyclic amines) is 1. The molecule has 0 aromatic carbocycles. The normalized spacial score (nSPS) is 44.9. The van der Waals surface area contributed by atoms with E-state index in [4.69, 9.17) is 5.73 Å². The Morgan fingerprint density at radius 2 is 2.17 bits per heavy atom. The third-order valence-electron chi connectivity index (χ3n) is 8.06. The molecular weight excluding hydrogens is 302 g/mol. The van der Waals surface area contributed by atoms with Crippen LogP contribution in [0.4, 0.5) is 0 Å². The zero-order valence-corrected chi connectivity index (χ0v) is 14.9. The minimum atomic E-state index is -0.925. The van der Waals surface area contributed by atoms with Crippen molar-refractivity contribution in [2.45, 2.75) is 51.9 Å². The van der Waals surface area contributed by atoms with Crippen LogP contribution < -0.4 is 15.7 Å². The first-order valence-electron chi connectivity index (χ1n) is 9.47. The number of carboxylic acids is 1. The number of hydrogen-bond acceptors (Lipinski definition) is 3. The van der Waals surface area contributed by atoms with Crippen molar-refractivity contribution in [3.8, 4) is 0 Å². The third-order valence-corrected chi connectivity index (χ3v) is 8.06. The molecule has 1 unspecified atom stereocenters. The first-order valence-corrected chi connectivity index (χ1v) is 9.47. The fraction of sp³-hybridized carbons (Fsp3) is 0.789. The molecule has 5 atom stereocenters. The molecule has 3 aliphatic carbocycles. The third kappa shape index (κ3) is 1.79. The monoisotopic (exact) mass is 331 g/mol. The van der Waals surface area contributed by atoms with E-state index in [2.05, 4.69) is 11.9 Å². The van der Waals surface area contributed by atoms with Crippen LogP contribution in [0.2, 0.25) is 0 Å². The number of carbonyl (C=O) groups is 1. The molecule has 4 rings (SSSR count). The van der Waals surface area contributed by atoms with Gasteiger partial charge >= 0.3 is 0 Å². The van der Waals surface area contributed by atoms with Crippen LogP contribution in [0.3, 0.4) is 0 Å². The van der Waals surface area contributed by atoms with E-state index in [1.165, 1.54) is 29.7 Å². The largest absolute Gasteiger partial charge is 0.545 e. The van der Waals surface area contributed by atoms with Crippen molar-refractivity contribution in [1.29, 1.82) is 0 Å². The highest BCUT2D eigenvalue weighted by atomic mass is 16.4. The second kappa shape index (κ2) is 5.32. The highest BCUT2D eigenvalue weighted by Crippen LogP contribution is 2.74. The summed E-state index contributed by atoms with van der Waals surface area (Å²) in [6, 6.07) is 0. The Bertz CT molecular complexity index is 641. The Labute approximate surface area is 144 Å². The van der Waals surface area contributed by atoms with E-state index < -0.39 is 5.97 Å². The fourth-order valence-electron chi connectivity index (χ4n) is 7.17. The molecule has 2 saturated carbocycles. The average molecular weight is 331 g/mol. The average Bonchev–Trinajstić information content (AvgIpc) is 3.02.